The lowest BCUT2D eigenvalue weighted by Gasteiger charge is -2.18. The van der Waals surface area contributed by atoms with Crippen LogP contribution in [0.5, 0.6) is 0 Å². The number of phosphoric ester groups is 1. The van der Waals surface area contributed by atoms with Crippen molar-refractivity contribution in [2.24, 2.45) is 0 Å². The lowest BCUT2D eigenvalue weighted by Crippen LogP contribution is -2.29. The SMILES string of the molecule is CCCCCCC(C(=O)NOP(=O)(O)OCCc1ccccc1)c1ccccc1. The summed E-state index contributed by atoms with van der Waals surface area (Å²) < 4.78 is 21.8. The summed E-state index contributed by atoms with van der Waals surface area (Å²) >= 11 is 0. The van der Waals surface area contributed by atoms with Crippen LogP contribution in [0.2, 0.25) is 0 Å². The Morgan fingerprint density at radius 3 is 2.34 bits per heavy atom. The first-order valence-corrected chi connectivity index (χ1v) is 11.6. The number of rotatable bonds is 13. The van der Waals surface area contributed by atoms with Crippen molar-refractivity contribution in [3.63, 3.8) is 0 Å². The number of amides is 1. The van der Waals surface area contributed by atoms with Gasteiger partial charge in [0.2, 0.25) is 0 Å². The minimum Gasteiger partial charge on any atom is -0.301 e. The highest BCUT2D eigenvalue weighted by Gasteiger charge is 2.26. The molecule has 0 radical (unpaired) electrons. The lowest BCUT2D eigenvalue weighted by molar-refractivity contribution is -0.130. The van der Waals surface area contributed by atoms with Gasteiger partial charge in [-0.2, -0.15) is 4.62 Å². The van der Waals surface area contributed by atoms with Crippen LogP contribution in [0.25, 0.3) is 0 Å². The molecular formula is C22H30NO5P. The van der Waals surface area contributed by atoms with E-state index in [0.717, 1.165) is 36.8 Å². The Labute approximate surface area is 172 Å². The molecule has 2 aromatic rings. The first-order chi connectivity index (χ1) is 14.0. The Balaban J connectivity index is 1.85. The van der Waals surface area contributed by atoms with Crippen LogP contribution in [-0.4, -0.2) is 17.4 Å². The van der Waals surface area contributed by atoms with Crippen molar-refractivity contribution in [1.29, 1.82) is 0 Å². The maximum atomic E-state index is 12.6. The molecule has 2 aromatic carbocycles. The molecule has 0 bridgehead atoms. The van der Waals surface area contributed by atoms with Gasteiger partial charge in [-0.1, -0.05) is 93.3 Å². The highest BCUT2D eigenvalue weighted by molar-refractivity contribution is 7.47. The Morgan fingerprint density at radius 2 is 1.69 bits per heavy atom. The summed E-state index contributed by atoms with van der Waals surface area (Å²) in [7, 11) is -4.38. The van der Waals surface area contributed by atoms with E-state index in [1.807, 2.05) is 60.7 Å². The fourth-order valence-electron chi connectivity index (χ4n) is 3.03. The number of hydrogen-bond acceptors (Lipinski definition) is 4. The number of benzene rings is 2. The van der Waals surface area contributed by atoms with E-state index in [0.29, 0.717) is 12.8 Å². The molecule has 2 rings (SSSR count). The molecule has 0 saturated carbocycles. The van der Waals surface area contributed by atoms with E-state index < -0.39 is 19.6 Å². The van der Waals surface area contributed by atoms with Crippen LogP contribution in [0, 0.1) is 0 Å². The molecule has 0 aromatic heterocycles. The van der Waals surface area contributed by atoms with E-state index in [9.17, 15) is 14.3 Å². The zero-order valence-electron chi connectivity index (χ0n) is 16.8. The number of unbranched alkanes of at least 4 members (excludes halogenated alkanes) is 3. The fourth-order valence-corrected chi connectivity index (χ4v) is 3.61. The Kier molecular flexibility index (Phi) is 10.1. The van der Waals surface area contributed by atoms with Gasteiger partial charge in [-0.3, -0.25) is 9.32 Å². The van der Waals surface area contributed by atoms with Crippen molar-refractivity contribution >= 4 is 13.7 Å². The third-order valence-electron chi connectivity index (χ3n) is 4.61. The Morgan fingerprint density at radius 1 is 1.03 bits per heavy atom. The first kappa shape index (κ1) is 23.3. The van der Waals surface area contributed by atoms with Crippen LogP contribution in [-0.2, 0) is 24.9 Å². The molecule has 0 aliphatic rings. The van der Waals surface area contributed by atoms with Crippen LogP contribution in [0.15, 0.2) is 60.7 Å². The van der Waals surface area contributed by atoms with E-state index in [2.05, 4.69) is 12.4 Å². The second kappa shape index (κ2) is 12.6. The molecule has 0 aliphatic carbocycles. The Bertz CT molecular complexity index is 769. The second-order valence-corrected chi connectivity index (χ2v) is 8.29. The average Bonchev–Trinajstić information content (AvgIpc) is 2.73. The van der Waals surface area contributed by atoms with Crippen molar-refractivity contribution in [3.05, 3.63) is 71.8 Å². The number of hydroxylamine groups is 1. The molecule has 0 spiro atoms. The molecule has 0 fully saturated rings. The van der Waals surface area contributed by atoms with Gasteiger partial charge < -0.3 is 4.89 Å². The van der Waals surface area contributed by atoms with Crippen molar-refractivity contribution in [3.8, 4) is 0 Å². The van der Waals surface area contributed by atoms with Crippen LogP contribution < -0.4 is 5.48 Å². The summed E-state index contributed by atoms with van der Waals surface area (Å²) in [5, 5.41) is 0. The lowest BCUT2D eigenvalue weighted by atomic mass is 9.92. The second-order valence-electron chi connectivity index (χ2n) is 6.91. The molecule has 7 heteroatoms. The Hall–Kier alpha value is -1.98. The maximum absolute atomic E-state index is 12.6. The monoisotopic (exact) mass is 419 g/mol. The van der Waals surface area contributed by atoms with Gasteiger partial charge in [-0.05, 0) is 24.0 Å². The van der Waals surface area contributed by atoms with E-state index >= 15 is 0 Å². The molecule has 158 valence electrons. The average molecular weight is 419 g/mol. The van der Waals surface area contributed by atoms with E-state index in [1.165, 1.54) is 0 Å². The van der Waals surface area contributed by atoms with Gasteiger partial charge in [0, 0.05) is 0 Å². The molecule has 2 unspecified atom stereocenters. The normalized spacial score (nSPS) is 14.1. The summed E-state index contributed by atoms with van der Waals surface area (Å²) in [6.07, 6.45) is 5.26. The number of hydrogen-bond donors (Lipinski definition) is 2. The molecule has 2 atom stereocenters. The molecule has 0 heterocycles. The largest absolute Gasteiger partial charge is 0.493 e. The van der Waals surface area contributed by atoms with Crippen LogP contribution in [0.3, 0.4) is 0 Å². The van der Waals surface area contributed by atoms with Crippen molar-refractivity contribution in [1.82, 2.24) is 5.48 Å². The number of carbonyl (C=O) groups excluding carboxylic acids is 1. The minimum atomic E-state index is -4.38. The standard InChI is InChI=1S/C22H30NO5P/c1-2-3-4-11-16-21(20-14-9-6-10-15-20)22(24)23-28-29(25,26)27-18-17-19-12-7-5-8-13-19/h5-10,12-15,21H,2-4,11,16-18H2,1H3,(H,23,24)(H,25,26). The van der Waals surface area contributed by atoms with Crippen molar-refractivity contribution < 1.29 is 23.4 Å². The van der Waals surface area contributed by atoms with Gasteiger partial charge in [0.1, 0.15) is 0 Å². The summed E-state index contributed by atoms with van der Waals surface area (Å²) in [4.78, 5) is 22.5. The van der Waals surface area contributed by atoms with Crippen molar-refractivity contribution in [2.75, 3.05) is 6.61 Å². The van der Waals surface area contributed by atoms with E-state index in [1.54, 1.807) is 0 Å². The van der Waals surface area contributed by atoms with Gasteiger partial charge >= 0.3 is 7.82 Å². The third-order valence-corrected chi connectivity index (χ3v) is 5.45. The van der Waals surface area contributed by atoms with Crippen LogP contribution in [0.1, 0.15) is 56.1 Å². The molecule has 1 amide bonds. The van der Waals surface area contributed by atoms with Crippen LogP contribution in [0.4, 0.5) is 0 Å². The molecule has 29 heavy (non-hydrogen) atoms. The quantitative estimate of drug-likeness (QED) is 0.267. The summed E-state index contributed by atoms with van der Waals surface area (Å²) in [5.74, 6) is -0.897. The van der Waals surface area contributed by atoms with Gasteiger partial charge in [-0.25, -0.2) is 10.0 Å². The molecule has 6 nitrogen and oxygen atoms in total. The molecule has 2 N–H and O–H groups in total. The van der Waals surface area contributed by atoms with Gasteiger partial charge in [-0.15, -0.1) is 0 Å². The van der Waals surface area contributed by atoms with Gasteiger partial charge in [0.05, 0.1) is 12.5 Å². The zero-order chi connectivity index (χ0) is 21.0. The topological polar surface area (TPSA) is 84.9 Å². The predicted octanol–water partition coefficient (Wildman–Crippen LogP) is 5.15. The first-order valence-electron chi connectivity index (χ1n) is 10.1. The smallest absolute Gasteiger partial charge is 0.301 e. The highest BCUT2D eigenvalue weighted by atomic mass is 31.2. The summed E-state index contributed by atoms with van der Waals surface area (Å²) in [6, 6.07) is 18.8. The third kappa shape index (κ3) is 8.92. The van der Waals surface area contributed by atoms with E-state index in [-0.39, 0.29) is 6.61 Å². The van der Waals surface area contributed by atoms with Crippen molar-refractivity contribution in [2.45, 2.75) is 51.4 Å². The number of carbonyl (C=O) groups is 1. The molecular weight excluding hydrogens is 389 g/mol. The molecule has 0 saturated heterocycles. The van der Waals surface area contributed by atoms with E-state index in [4.69, 9.17) is 9.15 Å². The maximum Gasteiger partial charge on any atom is 0.493 e. The highest BCUT2D eigenvalue weighted by Crippen LogP contribution is 2.42. The predicted molar refractivity (Wildman–Crippen MR) is 113 cm³/mol. The fraction of sp³-hybridized carbons (Fsp3) is 0.409. The summed E-state index contributed by atoms with van der Waals surface area (Å²) in [6.45, 7) is 2.14. The van der Waals surface area contributed by atoms with Gasteiger partial charge in [0.25, 0.3) is 5.91 Å². The zero-order valence-corrected chi connectivity index (χ0v) is 17.7. The number of phosphoric acid groups is 1. The van der Waals surface area contributed by atoms with Gasteiger partial charge in [0.15, 0.2) is 0 Å². The van der Waals surface area contributed by atoms with Crippen LogP contribution >= 0.6 is 7.82 Å². The minimum absolute atomic E-state index is 0.00674. The molecule has 0 aliphatic heterocycles. The number of nitrogens with one attached hydrogen (secondary N) is 1. The summed E-state index contributed by atoms with van der Waals surface area (Å²) in [5.41, 5.74) is 3.96.